The quantitative estimate of drug-likeness (QED) is 0.877. The third-order valence-electron chi connectivity index (χ3n) is 4.72. The zero-order valence-corrected chi connectivity index (χ0v) is 13.6. The summed E-state index contributed by atoms with van der Waals surface area (Å²) >= 11 is 0. The maximum Gasteiger partial charge on any atom is 0.129 e. The Kier molecular flexibility index (Phi) is 3.96. The lowest BCUT2D eigenvalue weighted by atomic mass is 9.72. The van der Waals surface area contributed by atoms with Gasteiger partial charge in [0.1, 0.15) is 12.4 Å². The fourth-order valence-corrected chi connectivity index (χ4v) is 3.22. The molecule has 0 aliphatic heterocycles. The normalized spacial score (nSPS) is 20.9. The van der Waals surface area contributed by atoms with Crippen molar-refractivity contribution in [3.05, 3.63) is 64.7 Å². The van der Waals surface area contributed by atoms with Crippen LogP contribution in [0.4, 0.5) is 0 Å². The van der Waals surface area contributed by atoms with Crippen molar-refractivity contribution in [2.45, 2.75) is 51.7 Å². The Balaban J connectivity index is 1.95. The molecule has 0 fully saturated rings. The second-order valence-electron chi connectivity index (χ2n) is 6.55. The summed E-state index contributed by atoms with van der Waals surface area (Å²) in [6, 6.07) is 14.5. The molecule has 0 amide bonds. The summed E-state index contributed by atoms with van der Waals surface area (Å²) in [5, 5.41) is 10.5. The largest absolute Gasteiger partial charge is 0.488 e. The van der Waals surface area contributed by atoms with E-state index in [0.717, 1.165) is 23.3 Å². The highest BCUT2D eigenvalue weighted by Gasteiger charge is 2.40. The number of hydrogen-bond donors (Lipinski definition) is 1. The van der Waals surface area contributed by atoms with E-state index in [1.165, 1.54) is 11.1 Å². The fraction of sp³-hybridized carbons (Fsp3) is 0.400. The van der Waals surface area contributed by atoms with Crippen molar-refractivity contribution in [1.29, 1.82) is 0 Å². The van der Waals surface area contributed by atoms with E-state index in [2.05, 4.69) is 38.1 Å². The lowest BCUT2D eigenvalue weighted by Crippen LogP contribution is -2.36. The second kappa shape index (κ2) is 5.77. The van der Waals surface area contributed by atoms with Crippen LogP contribution >= 0.6 is 0 Å². The van der Waals surface area contributed by atoms with E-state index in [0.29, 0.717) is 18.9 Å². The van der Waals surface area contributed by atoms with Gasteiger partial charge in [-0.2, -0.15) is 0 Å². The van der Waals surface area contributed by atoms with Gasteiger partial charge in [0.25, 0.3) is 0 Å². The topological polar surface area (TPSA) is 29.5 Å². The minimum Gasteiger partial charge on any atom is -0.488 e. The van der Waals surface area contributed by atoms with Gasteiger partial charge in [0, 0.05) is 12.0 Å². The van der Waals surface area contributed by atoms with Gasteiger partial charge in [-0.3, -0.25) is 0 Å². The van der Waals surface area contributed by atoms with Crippen LogP contribution in [0.25, 0.3) is 0 Å². The predicted octanol–water partition coefficient (Wildman–Crippen LogP) is 4.54. The Hall–Kier alpha value is -1.80. The maximum atomic E-state index is 10.5. The van der Waals surface area contributed by atoms with Gasteiger partial charge < -0.3 is 9.84 Å². The zero-order chi connectivity index (χ0) is 15.7. The van der Waals surface area contributed by atoms with Crippen LogP contribution in [-0.2, 0) is 18.6 Å². The molecule has 0 heterocycles. The zero-order valence-electron chi connectivity index (χ0n) is 13.6. The second-order valence-corrected chi connectivity index (χ2v) is 6.55. The van der Waals surface area contributed by atoms with Gasteiger partial charge >= 0.3 is 0 Å². The summed E-state index contributed by atoms with van der Waals surface area (Å²) in [7, 11) is 0. The van der Waals surface area contributed by atoms with Crippen LogP contribution in [0.3, 0.4) is 0 Å². The number of benzene rings is 2. The van der Waals surface area contributed by atoms with Crippen molar-refractivity contribution >= 4 is 0 Å². The van der Waals surface area contributed by atoms with Gasteiger partial charge in [0.05, 0.1) is 5.60 Å². The highest BCUT2D eigenvalue weighted by molar-refractivity contribution is 5.56. The molecule has 0 aromatic heterocycles. The van der Waals surface area contributed by atoms with Gasteiger partial charge in [-0.05, 0) is 36.0 Å². The van der Waals surface area contributed by atoms with Crippen molar-refractivity contribution in [2.75, 3.05) is 0 Å². The lowest BCUT2D eigenvalue weighted by Gasteiger charge is -2.39. The summed E-state index contributed by atoms with van der Waals surface area (Å²) in [6.07, 6.45) is 1.77. The standard InChI is InChI=1S/C20H24O2/c1-4-14(2)17-11-10-16-12-20(3,21)18(16)19(17)22-13-15-8-6-5-7-9-15/h5-11,14,21H,4,12-13H2,1-3H3. The molecule has 1 N–H and O–H groups in total. The molecule has 116 valence electrons. The van der Waals surface area contributed by atoms with Gasteiger partial charge in [-0.25, -0.2) is 0 Å². The average Bonchev–Trinajstić information content (AvgIpc) is 2.52. The van der Waals surface area contributed by atoms with E-state index in [4.69, 9.17) is 4.74 Å². The number of hydrogen-bond acceptors (Lipinski definition) is 2. The molecule has 2 heteroatoms. The molecule has 22 heavy (non-hydrogen) atoms. The van der Waals surface area contributed by atoms with E-state index in [1.807, 2.05) is 25.1 Å². The lowest BCUT2D eigenvalue weighted by molar-refractivity contribution is 0.0285. The van der Waals surface area contributed by atoms with Crippen molar-refractivity contribution in [3.8, 4) is 5.75 Å². The summed E-state index contributed by atoms with van der Waals surface area (Å²) in [4.78, 5) is 0. The van der Waals surface area contributed by atoms with Crippen LogP contribution in [0, 0.1) is 0 Å². The summed E-state index contributed by atoms with van der Waals surface area (Å²) < 4.78 is 6.18. The molecule has 0 spiro atoms. The molecule has 3 rings (SSSR count). The minimum absolute atomic E-state index is 0.424. The van der Waals surface area contributed by atoms with Crippen molar-refractivity contribution in [1.82, 2.24) is 0 Å². The molecule has 0 saturated heterocycles. The molecule has 2 nitrogen and oxygen atoms in total. The molecule has 2 unspecified atom stereocenters. The highest BCUT2D eigenvalue weighted by atomic mass is 16.5. The van der Waals surface area contributed by atoms with E-state index >= 15 is 0 Å². The molecule has 1 aliphatic carbocycles. The molecule has 2 aromatic rings. The Morgan fingerprint density at radius 1 is 1.18 bits per heavy atom. The predicted molar refractivity (Wildman–Crippen MR) is 89.2 cm³/mol. The number of rotatable bonds is 5. The molecule has 0 bridgehead atoms. The van der Waals surface area contributed by atoms with Gasteiger partial charge in [-0.15, -0.1) is 0 Å². The third kappa shape index (κ3) is 2.64. The molecular formula is C20H24O2. The van der Waals surface area contributed by atoms with Crippen LogP contribution in [0.5, 0.6) is 5.75 Å². The molecule has 1 aliphatic rings. The highest BCUT2D eigenvalue weighted by Crippen LogP contribution is 2.48. The minimum atomic E-state index is -0.759. The fourth-order valence-electron chi connectivity index (χ4n) is 3.22. The number of fused-ring (bicyclic) bond motifs is 1. The van der Waals surface area contributed by atoms with Crippen molar-refractivity contribution in [2.24, 2.45) is 0 Å². The summed E-state index contributed by atoms with van der Waals surface area (Å²) in [5.41, 5.74) is 3.79. The van der Waals surface area contributed by atoms with Crippen LogP contribution < -0.4 is 4.74 Å². The Bertz CT molecular complexity index is 659. The summed E-state index contributed by atoms with van der Waals surface area (Å²) in [5.74, 6) is 1.32. The first-order valence-corrected chi connectivity index (χ1v) is 8.08. The van der Waals surface area contributed by atoms with Crippen LogP contribution in [0.1, 0.15) is 55.4 Å². The molecule has 0 radical (unpaired) electrons. The van der Waals surface area contributed by atoms with Crippen LogP contribution in [-0.4, -0.2) is 5.11 Å². The smallest absolute Gasteiger partial charge is 0.129 e. The first kappa shape index (κ1) is 15.1. The molecular weight excluding hydrogens is 272 g/mol. The van der Waals surface area contributed by atoms with E-state index in [-0.39, 0.29) is 0 Å². The Morgan fingerprint density at radius 3 is 2.55 bits per heavy atom. The maximum absolute atomic E-state index is 10.5. The molecule has 2 aromatic carbocycles. The van der Waals surface area contributed by atoms with Crippen LogP contribution in [0.2, 0.25) is 0 Å². The molecule has 2 atom stereocenters. The average molecular weight is 296 g/mol. The Labute approximate surface area is 132 Å². The van der Waals surface area contributed by atoms with Crippen molar-refractivity contribution < 1.29 is 9.84 Å². The van der Waals surface area contributed by atoms with E-state index in [9.17, 15) is 5.11 Å². The van der Waals surface area contributed by atoms with Gasteiger partial charge in [-0.1, -0.05) is 56.3 Å². The molecule has 0 saturated carbocycles. The number of aliphatic hydroxyl groups is 1. The van der Waals surface area contributed by atoms with E-state index in [1.54, 1.807) is 0 Å². The monoisotopic (exact) mass is 296 g/mol. The Morgan fingerprint density at radius 2 is 1.91 bits per heavy atom. The first-order chi connectivity index (χ1) is 10.5. The van der Waals surface area contributed by atoms with Crippen molar-refractivity contribution in [3.63, 3.8) is 0 Å². The number of ether oxygens (including phenoxy) is 1. The first-order valence-electron chi connectivity index (χ1n) is 8.08. The third-order valence-corrected chi connectivity index (χ3v) is 4.72. The summed E-state index contributed by atoms with van der Waals surface area (Å²) in [6.45, 7) is 6.82. The van der Waals surface area contributed by atoms with Gasteiger partial charge in [0.15, 0.2) is 0 Å². The van der Waals surface area contributed by atoms with E-state index < -0.39 is 5.60 Å². The SMILES string of the molecule is CCC(C)c1ccc2c(c1OCc1ccccc1)C(C)(O)C2. The van der Waals surface area contributed by atoms with Crippen LogP contribution in [0.15, 0.2) is 42.5 Å². The van der Waals surface area contributed by atoms with Gasteiger partial charge in [0.2, 0.25) is 0 Å².